The van der Waals surface area contributed by atoms with Gasteiger partial charge in [-0.1, -0.05) is 37.6 Å². The number of ether oxygens (including phenoxy) is 2. The number of hydrogen-bond donors (Lipinski definition) is 1. The van der Waals surface area contributed by atoms with Crippen LogP contribution in [0.3, 0.4) is 0 Å². The summed E-state index contributed by atoms with van der Waals surface area (Å²) in [5, 5.41) is 7.87. The third kappa shape index (κ3) is 7.29. The summed E-state index contributed by atoms with van der Waals surface area (Å²) in [7, 11) is 0. The Labute approximate surface area is 279 Å². The predicted molar refractivity (Wildman–Crippen MR) is 184 cm³/mol. The summed E-state index contributed by atoms with van der Waals surface area (Å²) in [6, 6.07) is 19.8. The van der Waals surface area contributed by atoms with Gasteiger partial charge in [-0.2, -0.15) is 9.78 Å². The number of nitrogens with one attached hydrogen (secondary N) is 1. The predicted octanol–water partition coefficient (Wildman–Crippen LogP) is 8.35. The van der Waals surface area contributed by atoms with E-state index in [1.165, 1.54) is 35.2 Å². The van der Waals surface area contributed by atoms with Gasteiger partial charge in [0.1, 0.15) is 11.6 Å². The molecule has 0 fully saturated rings. The Hall–Kier alpha value is -4.54. The fourth-order valence-electron chi connectivity index (χ4n) is 4.86. The van der Waals surface area contributed by atoms with Gasteiger partial charge in [0, 0.05) is 11.3 Å². The number of rotatable bonds is 10. The molecule has 4 aromatic carbocycles. The lowest BCUT2D eigenvalue weighted by molar-refractivity contribution is -0.118. The van der Waals surface area contributed by atoms with Crippen LogP contribution in [-0.2, 0) is 4.79 Å². The molecule has 0 saturated carbocycles. The van der Waals surface area contributed by atoms with Gasteiger partial charge >= 0.3 is 0 Å². The van der Waals surface area contributed by atoms with Gasteiger partial charge in [0.25, 0.3) is 11.5 Å². The van der Waals surface area contributed by atoms with E-state index in [4.69, 9.17) is 26.1 Å². The van der Waals surface area contributed by atoms with E-state index in [9.17, 15) is 14.0 Å². The molecule has 0 unspecified atom stereocenters. The largest absolute Gasteiger partial charge is 0.494 e. The van der Waals surface area contributed by atoms with Crippen molar-refractivity contribution in [2.75, 3.05) is 18.5 Å². The molecule has 0 aliphatic heterocycles. The number of aromatic nitrogens is 2. The van der Waals surface area contributed by atoms with Crippen molar-refractivity contribution >= 4 is 56.2 Å². The van der Waals surface area contributed by atoms with Gasteiger partial charge in [0.2, 0.25) is 0 Å². The molecular formula is C35H31BrClFN4O4. The smallest absolute Gasteiger partial charge is 0.282 e. The lowest BCUT2D eigenvalue weighted by Crippen LogP contribution is -2.21. The number of fused-ring (bicyclic) bond motifs is 1. The first-order valence-electron chi connectivity index (χ1n) is 14.6. The Morgan fingerprint density at radius 1 is 1.11 bits per heavy atom. The van der Waals surface area contributed by atoms with Crippen LogP contribution in [0.2, 0.25) is 5.02 Å². The Balaban J connectivity index is 1.48. The van der Waals surface area contributed by atoms with Crippen LogP contribution in [0.1, 0.15) is 43.4 Å². The van der Waals surface area contributed by atoms with Crippen molar-refractivity contribution in [3.05, 3.63) is 115 Å². The molecule has 1 amide bonds. The molecule has 0 radical (unpaired) electrons. The molecule has 0 aliphatic rings. The van der Waals surface area contributed by atoms with Crippen molar-refractivity contribution in [3.8, 4) is 22.9 Å². The molecule has 0 atom stereocenters. The lowest BCUT2D eigenvalue weighted by atomic mass is 9.96. The summed E-state index contributed by atoms with van der Waals surface area (Å²) in [5.74, 6) is 0.759. The lowest BCUT2D eigenvalue weighted by Gasteiger charge is -2.18. The minimum atomic E-state index is -0.443. The number of anilines is 1. The molecule has 8 nitrogen and oxygen atoms in total. The van der Waals surface area contributed by atoms with E-state index < -0.39 is 11.7 Å². The van der Waals surface area contributed by atoms with Crippen LogP contribution in [-0.4, -0.2) is 35.0 Å². The molecule has 1 aromatic heterocycles. The molecular weight excluding hydrogens is 675 g/mol. The van der Waals surface area contributed by atoms with E-state index in [0.717, 1.165) is 22.4 Å². The maximum atomic E-state index is 13.8. The van der Waals surface area contributed by atoms with Gasteiger partial charge in [0.05, 0.1) is 33.2 Å². The van der Waals surface area contributed by atoms with Crippen LogP contribution in [0.4, 0.5) is 10.1 Å². The van der Waals surface area contributed by atoms with Crippen LogP contribution in [0, 0.1) is 12.7 Å². The number of carbonyl (C=O) groups excluding carboxylic acids is 1. The summed E-state index contributed by atoms with van der Waals surface area (Å²) in [4.78, 5) is 31.0. The van der Waals surface area contributed by atoms with Crippen LogP contribution in [0.25, 0.3) is 22.3 Å². The number of benzene rings is 4. The van der Waals surface area contributed by atoms with Gasteiger partial charge in [-0.25, -0.2) is 9.37 Å². The van der Waals surface area contributed by atoms with Gasteiger partial charge in [0.15, 0.2) is 18.2 Å². The zero-order valence-electron chi connectivity index (χ0n) is 25.6. The van der Waals surface area contributed by atoms with Gasteiger partial charge < -0.3 is 14.8 Å². The quantitative estimate of drug-likeness (QED) is 0.148. The number of carbonyl (C=O) groups is 1. The SMILES string of the molecule is CCOc1cc(C)c(-c2nc3ccccc3c(=O)n2N=Cc2cc(Cl)c(OCC(=O)Nc3ccc(F)cc3)c(Br)c2)cc1C(C)C. The van der Waals surface area contributed by atoms with Crippen molar-refractivity contribution in [2.24, 2.45) is 5.10 Å². The summed E-state index contributed by atoms with van der Waals surface area (Å²) < 4.78 is 26.5. The van der Waals surface area contributed by atoms with Crippen molar-refractivity contribution in [3.63, 3.8) is 0 Å². The highest BCUT2D eigenvalue weighted by atomic mass is 79.9. The fraction of sp³-hybridized carbons (Fsp3) is 0.200. The van der Waals surface area contributed by atoms with Gasteiger partial charge in [-0.05, 0) is 113 Å². The highest BCUT2D eigenvalue weighted by Crippen LogP contribution is 2.36. The number of hydrogen-bond acceptors (Lipinski definition) is 6. The third-order valence-electron chi connectivity index (χ3n) is 7.09. The van der Waals surface area contributed by atoms with Crippen molar-refractivity contribution in [2.45, 2.75) is 33.6 Å². The Kier molecular flexibility index (Phi) is 10.2. The van der Waals surface area contributed by atoms with Crippen LogP contribution in [0.5, 0.6) is 11.5 Å². The van der Waals surface area contributed by atoms with E-state index in [-0.39, 0.29) is 28.9 Å². The van der Waals surface area contributed by atoms with E-state index in [2.05, 4.69) is 40.2 Å². The monoisotopic (exact) mass is 704 g/mol. The van der Waals surface area contributed by atoms with Crippen LogP contribution >= 0.6 is 27.5 Å². The Morgan fingerprint density at radius 3 is 2.54 bits per heavy atom. The van der Waals surface area contributed by atoms with E-state index in [1.54, 1.807) is 30.3 Å². The molecule has 1 heterocycles. The highest BCUT2D eigenvalue weighted by Gasteiger charge is 2.19. The van der Waals surface area contributed by atoms with E-state index >= 15 is 0 Å². The molecule has 5 aromatic rings. The Bertz CT molecular complexity index is 1990. The van der Waals surface area contributed by atoms with E-state index in [0.29, 0.717) is 39.1 Å². The normalized spacial score (nSPS) is 11.4. The third-order valence-corrected chi connectivity index (χ3v) is 7.96. The van der Waals surface area contributed by atoms with Crippen molar-refractivity contribution in [1.82, 2.24) is 9.66 Å². The summed E-state index contributed by atoms with van der Waals surface area (Å²) >= 11 is 10.0. The summed E-state index contributed by atoms with van der Waals surface area (Å²) in [6.45, 7) is 8.27. The first-order valence-corrected chi connectivity index (χ1v) is 15.7. The summed E-state index contributed by atoms with van der Waals surface area (Å²) in [6.07, 6.45) is 1.51. The summed E-state index contributed by atoms with van der Waals surface area (Å²) in [5.41, 5.74) is 3.88. The molecule has 0 aliphatic carbocycles. The highest BCUT2D eigenvalue weighted by molar-refractivity contribution is 9.10. The average molecular weight is 706 g/mol. The van der Waals surface area contributed by atoms with Crippen molar-refractivity contribution in [1.29, 1.82) is 0 Å². The minimum absolute atomic E-state index is 0.166. The van der Waals surface area contributed by atoms with E-state index in [1.807, 2.05) is 32.0 Å². The number of halogens is 3. The first kappa shape index (κ1) is 32.8. The van der Waals surface area contributed by atoms with Crippen LogP contribution in [0.15, 0.2) is 87.2 Å². The molecule has 11 heteroatoms. The standard InChI is InChI=1S/C35H31BrClFN4O4/c1-5-45-31-14-21(4)27(17-26(31)20(2)3)34-41-30-9-7-6-8-25(30)35(44)42(34)39-18-22-15-28(36)33(29(37)16-22)46-19-32(43)40-24-12-10-23(38)11-13-24/h6-18,20H,5,19H2,1-4H3,(H,40,43). The fourth-order valence-corrected chi connectivity index (χ4v) is 5.85. The molecule has 0 spiro atoms. The number of para-hydroxylation sites is 1. The topological polar surface area (TPSA) is 94.8 Å². The molecule has 5 rings (SSSR count). The number of amides is 1. The first-order chi connectivity index (χ1) is 22.0. The zero-order chi connectivity index (χ0) is 33.0. The molecule has 0 saturated heterocycles. The molecule has 1 N–H and O–H groups in total. The maximum absolute atomic E-state index is 13.8. The number of aryl methyl sites for hydroxylation is 1. The molecule has 0 bridgehead atoms. The van der Waals surface area contributed by atoms with Crippen molar-refractivity contribution < 1.29 is 18.7 Å². The second kappa shape index (κ2) is 14.3. The maximum Gasteiger partial charge on any atom is 0.282 e. The molecule has 236 valence electrons. The second-order valence-corrected chi connectivity index (χ2v) is 12.0. The van der Waals surface area contributed by atoms with Gasteiger partial charge in [-0.15, -0.1) is 0 Å². The minimum Gasteiger partial charge on any atom is -0.494 e. The Morgan fingerprint density at radius 2 is 1.85 bits per heavy atom. The van der Waals surface area contributed by atoms with Crippen LogP contribution < -0.4 is 20.3 Å². The zero-order valence-corrected chi connectivity index (χ0v) is 27.9. The molecule has 46 heavy (non-hydrogen) atoms. The second-order valence-electron chi connectivity index (χ2n) is 10.8. The number of nitrogens with zero attached hydrogens (tertiary/aromatic N) is 3. The van der Waals surface area contributed by atoms with Gasteiger partial charge in [-0.3, -0.25) is 9.59 Å². The average Bonchev–Trinajstić information content (AvgIpc) is 3.01.